The molecule has 1 fully saturated rings. The second-order valence-corrected chi connectivity index (χ2v) is 4.77. The Kier molecular flexibility index (Phi) is 3.06. The molecule has 3 rings (SSSR count). The van der Waals surface area contributed by atoms with Gasteiger partial charge in [0, 0.05) is 31.1 Å². The lowest BCUT2D eigenvalue weighted by Crippen LogP contribution is -2.42. The number of piperidine rings is 1. The summed E-state index contributed by atoms with van der Waals surface area (Å²) in [5.41, 5.74) is 7.45. The van der Waals surface area contributed by atoms with Gasteiger partial charge in [0.1, 0.15) is 13.2 Å². The van der Waals surface area contributed by atoms with E-state index in [4.69, 9.17) is 15.2 Å². The number of hydrogen-bond acceptors (Lipinski definition) is 5. The quantitative estimate of drug-likeness (QED) is 0.685. The Morgan fingerprint density at radius 2 is 2.00 bits per heavy atom. The van der Waals surface area contributed by atoms with Crippen LogP contribution in [0.3, 0.4) is 0 Å². The zero-order valence-electron chi connectivity index (χ0n) is 10.6. The molecule has 6 heteroatoms. The summed E-state index contributed by atoms with van der Waals surface area (Å²) in [5, 5.41) is 6.18. The smallest absolute Gasteiger partial charge is 0.220 e. The van der Waals surface area contributed by atoms with E-state index in [2.05, 4.69) is 10.6 Å². The summed E-state index contributed by atoms with van der Waals surface area (Å²) in [4.78, 5) is 11.1. The number of amides is 1. The van der Waals surface area contributed by atoms with E-state index in [1.54, 1.807) is 6.07 Å². The van der Waals surface area contributed by atoms with Crippen LogP contribution < -0.4 is 25.8 Å². The van der Waals surface area contributed by atoms with Gasteiger partial charge in [0.15, 0.2) is 11.5 Å². The van der Waals surface area contributed by atoms with Crippen molar-refractivity contribution in [3.63, 3.8) is 0 Å². The summed E-state index contributed by atoms with van der Waals surface area (Å²) >= 11 is 0. The number of carbonyl (C=O) groups is 1. The molecule has 1 aromatic rings. The van der Waals surface area contributed by atoms with Crippen LogP contribution in [-0.2, 0) is 4.79 Å². The summed E-state index contributed by atoms with van der Waals surface area (Å²) in [7, 11) is 0. The van der Waals surface area contributed by atoms with Gasteiger partial charge in [-0.3, -0.25) is 4.79 Å². The summed E-state index contributed by atoms with van der Waals surface area (Å²) in [6.45, 7) is 1.72. The van der Waals surface area contributed by atoms with Gasteiger partial charge >= 0.3 is 0 Å². The van der Waals surface area contributed by atoms with Gasteiger partial charge in [-0.05, 0) is 6.42 Å². The summed E-state index contributed by atoms with van der Waals surface area (Å²) in [6.07, 6.45) is 1.35. The highest BCUT2D eigenvalue weighted by Crippen LogP contribution is 2.37. The number of rotatable bonds is 2. The summed E-state index contributed by atoms with van der Waals surface area (Å²) in [5.74, 6) is 1.50. The summed E-state index contributed by atoms with van der Waals surface area (Å²) < 4.78 is 11.0. The lowest BCUT2D eigenvalue weighted by atomic mass is 10.1. The van der Waals surface area contributed by atoms with E-state index in [9.17, 15) is 4.79 Å². The largest absolute Gasteiger partial charge is 0.486 e. The highest BCUT2D eigenvalue weighted by molar-refractivity contribution is 5.77. The molecule has 1 atom stereocenters. The summed E-state index contributed by atoms with van der Waals surface area (Å²) in [6, 6.07) is 3.83. The molecule has 102 valence electrons. The van der Waals surface area contributed by atoms with Crippen LogP contribution >= 0.6 is 0 Å². The minimum absolute atomic E-state index is 0.105. The Balaban J connectivity index is 1.75. The van der Waals surface area contributed by atoms with Crippen LogP contribution in [0.25, 0.3) is 0 Å². The molecular formula is C13H17N3O3. The first-order valence-electron chi connectivity index (χ1n) is 6.45. The van der Waals surface area contributed by atoms with Gasteiger partial charge in [-0.2, -0.15) is 0 Å². The lowest BCUT2D eigenvalue weighted by molar-refractivity contribution is -0.122. The topological polar surface area (TPSA) is 85.6 Å². The zero-order chi connectivity index (χ0) is 13.2. The number of nitrogens with two attached hydrogens (primary N) is 1. The molecule has 2 aliphatic heterocycles. The first kappa shape index (κ1) is 12.0. The molecular weight excluding hydrogens is 246 g/mol. The van der Waals surface area contributed by atoms with Crippen LogP contribution in [0.2, 0.25) is 0 Å². The Labute approximate surface area is 111 Å². The molecule has 0 aliphatic carbocycles. The third kappa shape index (κ3) is 2.52. The first-order chi connectivity index (χ1) is 9.22. The van der Waals surface area contributed by atoms with Crippen LogP contribution in [0, 0.1) is 0 Å². The van der Waals surface area contributed by atoms with Crippen molar-refractivity contribution in [3.05, 3.63) is 12.1 Å². The van der Waals surface area contributed by atoms with Crippen LogP contribution in [0.5, 0.6) is 11.5 Å². The predicted octanol–water partition coefficient (Wildman–Crippen LogP) is 0.730. The Morgan fingerprint density at radius 1 is 1.26 bits per heavy atom. The maximum absolute atomic E-state index is 11.1. The standard InChI is InChI=1S/C13H17N3O3/c14-9-5-11-12(19-4-3-18-11)6-10(9)16-8-1-2-13(17)15-7-8/h5-6,8,16H,1-4,7,14H2,(H,15,17). The molecule has 0 aromatic heterocycles. The lowest BCUT2D eigenvalue weighted by Gasteiger charge is -2.26. The van der Waals surface area contributed by atoms with Gasteiger partial charge in [-0.15, -0.1) is 0 Å². The normalized spacial score (nSPS) is 21.7. The zero-order valence-corrected chi connectivity index (χ0v) is 10.6. The molecule has 0 radical (unpaired) electrons. The molecule has 0 bridgehead atoms. The SMILES string of the molecule is Nc1cc2c(cc1NC1CCC(=O)NC1)OCCO2. The van der Waals surface area contributed by atoms with Crippen LogP contribution in [-0.4, -0.2) is 31.7 Å². The number of nitrogen functional groups attached to an aromatic ring is 1. The molecule has 1 unspecified atom stereocenters. The van der Waals surface area contributed by atoms with Crippen molar-refractivity contribution in [1.29, 1.82) is 0 Å². The molecule has 4 N–H and O–H groups in total. The number of anilines is 2. The second kappa shape index (κ2) is 4.87. The monoisotopic (exact) mass is 263 g/mol. The molecule has 2 heterocycles. The number of fused-ring (bicyclic) bond motifs is 1. The maximum Gasteiger partial charge on any atom is 0.220 e. The minimum Gasteiger partial charge on any atom is -0.486 e. The fourth-order valence-electron chi connectivity index (χ4n) is 2.31. The molecule has 0 spiro atoms. The van der Waals surface area contributed by atoms with Crippen molar-refractivity contribution >= 4 is 17.3 Å². The average Bonchev–Trinajstić information content (AvgIpc) is 2.42. The molecule has 0 saturated carbocycles. The fraction of sp³-hybridized carbons (Fsp3) is 0.462. The van der Waals surface area contributed by atoms with Crippen molar-refractivity contribution < 1.29 is 14.3 Å². The fourth-order valence-corrected chi connectivity index (χ4v) is 2.31. The van der Waals surface area contributed by atoms with E-state index < -0.39 is 0 Å². The van der Waals surface area contributed by atoms with Gasteiger partial charge in [-0.1, -0.05) is 0 Å². The van der Waals surface area contributed by atoms with Gasteiger partial charge in [0.05, 0.1) is 11.4 Å². The van der Waals surface area contributed by atoms with Crippen LogP contribution in [0.4, 0.5) is 11.4 Å². The predicted molar refractivity (Wildman–Crippen MR) is 71.5 cm³/mol. The molecule has 19 heavy (non-hydrogen) atoms. The van der Waals surface area contributed by atoms with Crippen molar-refractivity contribution in [2.75, 3.05) is 30.8 Å². The van der Waals surface area contributed by atoms with Gasteiger partial charge in [-0.25, -0.2) is 0 Å². The van der Waals surface area contributed by atoms with E-state index >= 15 is 0 Å². The second-order valence-electron chi connectivity index (χ2n) is 4.77. The number of carbonyl (C=O) groups excluding carboxylic acids is 1. The number of nitrogens with one attached hydrogen (secondary N) is 2. The van der Waals surface area contributed by atoms with E-state index in [-0.39, 0.29) is 11.9 Å². The van der Waals surface area contributed by atoms with E-state index in [0.717, 1.165) is 12.1 Å². The van der Waals surface area contributed by atoms with Crippen molar-refractivity contribution in [3.8, 4) is 11.5 Å². The molecule has 1 aromatic carbocycles. The van der Waals surface area contributed by atoms with Crippen molar-refractivity contribution in [2.24, 2.45) is 0 Å². The Morgan fingerprint density at radius 3 is 2.68 bits per heavy atom. The van der Waals surface area contributed by atoms with E-state index in [1.165, 1.54) is 0 Å². The van der Waals surface area contributed by atoms with Crippen molar-refractivity contribution in [2.45, 2.75) is 18.9 Å². The molecule has 1 saturated heterocycles. The highest BCUT2D eigenvalue weighted by Gasteiger charge is 2.20. The van der Waals surface area contributed by atoms with Gasteiger partial charge in [0.2, 0.25) is 5.91 Å². The van der Waals surface area contributed by atoms with Crippen molar-refractivity contribution in [1.82, 2.24) is 5.32 Å². The van der Waals surface area contributed by atoms with Gasteiger partial charge < -0.3 is 25.8 Å². The van der Waals surface area contributed by atoms with Crippen LogP contribution in [0.15, 0.2) is 12.1 Å². The highest BCUT2D eigenvalue weighted by atomic mass is 16.6. The molecule has 2 aliphatic rings. The third-order valence-electron chi connectivity index (χ3n) is 3.34. The maximum atomic E-state index is 11.1. The average molecular weight is 263 g/mol. The molecule has 1 amide bonds. The third-order valence-corrected chi connectivity index (χ3v) is 3.34. The van der Waals surface area contributed by atoms with E-state index in [1.807, 2.05) is 6.07 Å². The number of benzene rings is 1. The number of ether oxygens (including phenoxy) is 2. The number of hydrogen-bond donors (Lipinski definition) is 3. The Bertz CT molecular complexity index is 494. The Hall–Kier alpha value is -2.11. The minimum atomic E-state index is 0.105. The van der Waals surface area contributed by atoms with Gasteiger partial charge in [0.25, 0.3) is 0 Å². The van der Waals surface area contributed by atoms with E-state index in [0.29, 0.717) is 43.4 Å². The van der Waals surface area contributed by atoms with Crippen LogP contribution in [0.1, 0.15) is 12.8 Å². The first-order valence-corrected chi connectivity index (χ1v) is 6.45. The molecule has 6 nitrogen and oxygen atoms in total.